The highest BCUT2D eigenvalue weighted by Crippen LogP contribution is 2.24. The molecule has 0 saturated carbocycles. The van der Waals surface area contributed by atoms with E-state index in [0.29, 0.717) is 17.8 Å². The number of hydrogen-bond donors (Lipinski definition) is 4. The second-order valence-electron chi connectivity index (χ2n) is 3.90. The van der Waals surface area contributed by atoms with Gasteiger partial charge in [0.15, 0.2) is 0 Å². The summed E-state index contributed by atoms with van der Waals surface area (Å²) in [5, 5.41) is 11.6. The predicted molar refractivity (Wildman–Crippen MR) is 78.6 cm³/mol. The van der Waals surface area contributed by atoms with Crippen molar-refractivity contribution in [1.82, 2.24) is 10.3 Å². The van der Waals surface area contributed by atoms with E-state index in [-0.39, 0.29) is 23.3 Å². The molecule has 1 aromatic heterocycles. The minimum absolute atomic E-state index is 0.0385. The van der Waals surface area contributed by atoms with Gasteiger partial charge in [-0.1, -0.05) is 0 Å². The first-order valence-corrected chi connectivity index (χ1v) is 6.68. The Morgan fingerprint density at radius 1 is 1.24 bits per heavy atom. The molecule has 0 radical (unpaired) electrons. The van der Waals surface area contributed by atoms with Crippen LogP contribution in [0.1, 0.15) is 0 Å². The van der Waals surface area contributed by atoms with Crippen molar-refractivity contribution < 1.29 is 14.2 Å². The molecule has 0 saturated heterocycles. The summed E-state index contributed by atoms with van der Waals surface area (Å²) in [7, 11) is 0. The number of hydrogen-bond acceptors (Lipinski definition) is 8. The number of anilines is 4. The fourth-order valence-corrected chi connectivity index (χ4v) is 2.28. The molecule has 0 aliphatic carbocycles. The molecular weight excluding hydrogens is 296 g/mol. The van der Waals surface area contributed by atoms with Crippen LogP contribution < -0.4 is 22.1 Å². The molecule has 21 heavy (non-hydrogen) atoms. The van der Waals surface area contributed by atoms with E-state index in [4.69, 9.17) is 11.5 Å². The number of carbonyl (C=O) groups is 2. The first-order chi connectivity index (χ1) is 10.1. The quantitative estimate of drug-likeness (QED) is 0.343. The molecule has 110 valence electrons. The number of carbonyl (C=O) groups excluding carboxylic acids is 2. The van der Waals surface area contributed by atoms with Gasteiger partial charge >= 0.3 is 0 Å². The van der Waals surface area contributed by atoms with Gasteiger partial charge < -0.3 is 22.1 Å². The Kier molecular flexibility index (Phi) is 4.61. The number of nitrogens with one attached hydrogen (secondary N) is 2. The largest absolute Gasteiger partial charge is 0.399 e. The molecule has 10 heteroatoms. The normalized spacial score (nSPS) is 10.1. The van der Waals surface area contributed by atoms with Gasteiger partial charge in [0.05, 0.1) is 5.75 Å². The molecule has 0 fully saturated rings. The molecule has 1 heterocycles. The second kappa shape index (κ2) is 6.61. The molecule has 0 aliphatic heterocycles. The van der Waals surface area contributed by atoms with Crippen LogP contribution in [0.5, 0.6) is 0 Å². The lowest BCUT2D eigenvalue weighted by molar-refractivity contribution is -0.113. The zero-order chi connectivity index (χ0) is 15.2. The average Bonchev–Trinajstić information content (AvgIpc) is 2.83. The molecule has 0 atom stereocenters. The van der Waals surface area contributed by atoms with Gasteiger partial charge in [-0.3, -0.25) is 9.59 Å². The van der Waals surface area contributed by atoms with Crippen molar-refractivity contribution >= 4 is 47.1 Å². The lowest BCUT2D eigenvalue weighted by Crippen LogP contribution is -2.15. The topological polar surface area (TPSA) is 149 Å². The zero-order valence-electron chi connectivity index (χ0n) is 10.7. The van der Waals surface area contributed by atoms with Crippen LogP contribution in [0.2, 0.25) is 0 Å². The third-order valence-electron chi connectivity index (χ3n) is 2.26. The lowest BCUT2D eigenvalue weighted by atomic mass is 10.3. The highest BCUT2D eigenvalue weighted by Gasteiger charge is 2.13. The monoisotopic (exact) mass is 308 g/mol. The van der Waals surface area contributed by atoms with Crippen molar-refractivity contribution in [3.05, 3.63) is 18.2 Å². The van der Waals surface area contributed by atoms with Gasteiger partial charge in [-0.25, -0.2) is 4.63 Å². The average molecular weight is 308 g/mol. The molecule has 2 aromatic rings. The van der Waals surface area contributed by atoms with Crippen molar-refractivity contribution in [2.24, 2.45) is 0 Å². The number of thioether (sulfide) groups is 1. The van der Waals surface area contributed by atoms with Gasteiger partial charge in [-0.05, 0) is 28.5 Å². The van der Waals surface area contributed by atoms with Crippen molar-refractivity contribution in [2.45, 2.75) is 4.90 Å². The van der Waals surface area contributed by atoms with Gasteiger partial charge in [0.2, 0.25) is 24.0 Å². The molecule has 0 bridgehead atoms. The standard InChI is InChI=1S/C11H12N6O3S/c12-6-1-7(13)3-8(2-6)21-4-9(19)15-11-10(14-5-18)16-20-17-11/h1-3,5H,4,12-13H2,(H,14,16,18)(H,15,17,19). The number of aromatic nitrogens is 2. The van der Waals surface area contributed by atoms with Crippen molar-refractivity contribution in [1.29, 1.82) is 0 Å². The van der Waals surface area contributed by atoms with Gasteiger partial charge in [0.1, 0.15) is 0 Å². The Morgan fingerprint density at radius 3 is 2.57 bits per heavy atom. The van der Waals surface area contributed by atoms with Gasteiger partial charge in [0, 0.05) is 16.3 Å². The first kappa shape index (κ1) is 14.7. The van der Waals surface area contributed by atoms with Crippen LogP contribution in [0.3, 0.4) is 0 Å². The number of nitrogen functional groups attached to an aromatic ring is 2. The summed E-state index contributed by atoms with van der Waals surface area (Å²) in [5.74, 6) is -0.155. The third kappa shape index (κ3) is 4.11. The minimum Gasteiger partial charge on any atom is -0.399 e. The summed E-state index contributed by atoms with van der Waals surface area (Å²) >= 11 is 1.26. The van der Waals surface area contributed by atoms with E-state index >= 15 is 0 Å². The fraction of sp³-hybridized carbons (Fsp3) is 0.0909. The van der Waals surface area contributed by atoms with Crippen LogP contribution in [0.15, 0.2) is 27.7 Å². The van der Waals surface area contributed by atoms with Crippen LogP contribution in [-0.4, -0.2) is 28.4 Å². The highest BCUT2D eigenvalue weighted by atomic mass is 32.2. The summed E-state index contributed by atoms with van der Waals surface area (Å²) in [6.07, 6.45) is 0.402. The van der Waals surface area contributed by atoms with Crippen molar-refractivity contribution in [3.63, 3.8) is 0 Å². The number of amides is 2. The maximum absolute atomic E-state index is 11.8. The Balaban J connectivity index is 1.92. The number of rotatable bonds is 6. The molecule has 1 aromatic carbocycles. The van der Waals surface area contributed by atoms with E-state index < -0.39 is 0 Å². The number of benzene rings is 1. The van der Waals surface area contributed by atoms with Crippen molar-refractivity contribution in [3.8, 4) is 0 Å². The third-order valence-corrected chi connectivity index (χ3v) is 3.24. The Bertz CT molecular complexity index is 639. The predicted octanol–water partition coefficient (Wildman–Crippen LogP) is 0.533. The van der Waals surface area contributed by atoms with Crippen LogP contribution >= 0.6 is 11.8 Å². The molecule has 6 N–H and O–H groups in total. The highest BCUT2D eigenvalue weighted by molar-refractivity contribution is 8.00. The Hall–Kier alpha value is -2.75. The molecule has 2 rings (SSSR count). The van der Waals surface area contributed by atoms with E-state index in [1.807, 2.05) is 0 Å². The van der Waals surface area contributed by atoms with E-state index in [0.717, 1.165) is 4.90 Å². The summed E-state index contributed by atoms with van der Waals surface area (Å²) in [4.78, 5) is 22.9. The van der Waals surface area contributed by atoms with E-state index in [9.17, 15) is 9.59 Å². The molecule has 9 nitrogen and oxygen atoms in total. The first-order valence-electron chi connectivity index (χ1n) is 5.70. The van der Waals surface area contributed by atoms with Gasteiger partial charge in [-0.15, -0.1) is 11.8 Å². The summed E-state index contributed by atoms with van der Waals surface area (Å²) in [6.45, 7) is 0. The molecular formula is C11H12N6O3S. The second-order valence-corrected chi connectivity index (χ2v) is 4.94. The van der Waals surface area contributed by atoms with Gasteiger partial charge in [-0.2, -0.15) is 0 Å². The Morgan fingerprint density at radius 2 is 1.90 bits per heavy atom. The molecule has 0 unspecified atom stereocenters. The number of nitrogens with zero attached hydrogens (tertiary/aromatic N) is 2. The maximum Gasteiger partial charge on any atom is 0.236 e. The van der Waals surface area contributed by atoms with Gasteiger partial charge in [0.25, 0.3) is 0 Å². The smallest absolute Gasteiger partial charge is 0.236 e. The zero-order valence-corrected chi connectivity index (χ0v) is 11.5. The minimum atomic E-state index is -0.342. The maximum atomic E-state index is 11.8. The number of nitrogens with two attached hydrogens (primary N) is 2. The fourth-order valence-electron chi connectivity index (χ4n) is 1.47. The van der Waals surface area contributed by atoms with Crippen molar-refractivity contribution in [2.75, 3.05) is 27.9 Å². The van der Waals surface area contributed by atoms with E-state index in [1.54, 1.807) is 18.2 Å². The van der Waals surface area contributed by atoms with E-state index in [2.05, 4.69) is 25.6 Å². The summed E-state index contributed by atoms with van der Waals surface area (Å²) in [6, 6.07) is 5.05. The summed E-state index contributed by atoms with van der Waals surface area (Å²) in [5.41, 5.74) is 12.4. The van der Waals surface area contributed by atoms with Crippen LogP contribution in [-0.2, 0) is 9.59 Å². The van der Waals surface area contributed by atoms with Crippen LogP contribution in [0.4, 0.5) is 23.0 Å². The SMILES string of the molecule is Nc1cc(N)cc(SCC(=O)Nc2nonc2NC=O)c1. The Labute approximate surface area is 123 Å². The van der Waals surface area contributed by atoms with Crippen LogP contribution in [0, 0.1) is 0 Å². The lowest BCUT2D eigenvalue weighted by Gasteiger charge is -2.05. The molecule has 0 spiro atoms. The summed E-state index contributed by atoms with van der Waals surface area (Å²) < 4.78 is 4.42. The van der Waals surface area contributed by atoms with E-state index in [1.165, 1.54) is 11.8 Å². The van der Waals surface area contributed by atoms with Crippen LogP contribution in [0.25, 0.3) is 0 Å². The molecule has 2 amide bonds. The molecule has 0 aliphatic rings.